The molecule has 0 fully saturated rings. The van der Waals surface area contributed by atoms with Gasteiger partial charge in [0.25, 0.3) is 0 Å². The van der Waals surface area contributed by atoms with Gasteiger partial charge in [0.05, 0.1) is 0 Å². The van der Waals surface area contributed by atoms with E-state index in [1.54, 1.807) is 0 Å². The van der Waals surface area contributed by atoms with Gasteiger partial charge < -0.3 is 10.1 Å². The van der Waals surface area contributed by atoms with Crippen LogP contribution < -0.4 is 5.32 Å². The van der Waals surface area contributed by atoms with Crippen LogP contribution in [0.25, 0.3) is 0 Å². The first-order valence-corrected chi connectivity index (χ1v) is 13.6. The quantitative estimate of drug-likeness (QED) is 0.125. The summed E-state index contributed by atoms with van der Waals surface area (Å²) in [5.74, 6) is 3.00. The van der Waals surface area contributed by atoms with Crippen molar-refractivity contribution >= 4 is 17.5 Å². The molecule has 0 atom stereocenters. The molecule has 0 amide bonds. The number of thioether (sulfide) groups is 1. The fourth-order valence-corrected chi connectivity index (χ4v) is 4.15. The van der Waals surface area contributed by atoms with Crippen molar-refractivity contribution in [2.75, 3.05) is 31.3 Å². The first-order valence-electron chi connectivity index (χ1n) is 12.4. The Balaban J connectivity index is 3.24. The summed E-state index contributed by atoms with van der Waals surface area (Å²) in [5, 5.41) is 3.42. The van der Waals surface area contributed by atoms with Gasteiger partial charge >= 0.3 is 0 Å². The second-order valence-corrected chi connectivity index (χ2v) is 9.21. The number of rotatable bonds is 24. The van der Waals surface area contributed by atoms with E-state index in [0.717, 1.165) is 51.1 Å². The summed E-state index contributed by atoms with van der Waals surface area (Å²) in [7, 11) is 0. The van der Waals surface area contributed by atoms with Gasteiger partial charge in [-0.1, -0.05) is 44.9 Å². The fraction of sp³-hybridized carbons (Fsp3) is 0.808. The molecule has 0 aromatic rings. The third-order valence-corrected chi connectivity index (χ3v) is 6.28. The molecule has 0 bridgehead atoms. The van der Waals surface area contributed by atoms with Crippen molar-refractivity contribution in [3.05, 3.63) is 24.4 Å². The molecule has 0 aromatic heterocycles. The van der Waals surface area contributed by atoms with Crippen LogP contribution in [-0.2, 0) is 9.53 Å². The van der Waals surface area contributed by atoms with Crippen LogP contribution in [0.2, 0.25) is 0 Å². The first kappa shape index (κ1) is 29.3. The lowest BCUT2D eigenvalue weighted by Crippen LogP contribution is -2.13. The van der Waals surface area contributed by atoms with Crippen LogP contribution >= 0.6 is 11.8 Å². The molecule has 0 aliphatic heterocycles. The zero-order valence-corrected chi connectivity index (χ0v) is 20.8. The Bertz CT molecular complexity index is 423. The summed E-state index contributed by atoms with van der Waals surface area (Å²) in [5.41, 5.74) is 1.13. The Morgan fingerprint density at radius 2 is 1.60 bits per heavy atom. The second-order valence-electron chi connectivity index (χ2n) is 7.98. The molecular weight excluding hydrogens is 390 g/mol. The minimum Gasteiger partial charge on any atom is -0.389 e. The summed E-state index contributed by atoms with van der Waals surface area (Å²) in [6.45, 7) is 10.8. The van der Waals surface area contributed by atoms with Crippen molar-refractivity contribution in [1.29, 1.82) is 0 Å². The molecule has 176 valence electrons. The second kappa shape index (κ2) is 24.5. The number of nitrogens with one attached hydrogen (secondary N) is 1. The van der Waals surface area contributed by atoms with Crippen LogP contribution in [0.15, 0.2) is 24.4 Å². The molecule has 0 unspecified atom stereocenters. The van der Waals surface area contributed by atoms with E-state index in [-0.39, 0.29) is 0 Å². The molecule has 1 N–H and O–H groups in total. The number of ketones is 1. The number of Topliss-reactive ketones (excluding diaryl/α,β-unsaturated/α-hetero) is 1. The van der Waals surface area contributed by atoms with Crippen LogP contribution in [-0.4, -0.2) is 37.0 Å². The Morgan fingerprint density at radius 1 is 0.900 bits per heavy atom. The average Bonchev–Trinajstić information content (AvgIpc) is 2.75. The van der Waals surface area contributed by atoms with Gasteiger partial charge in [-0.3, -0.25) is 4.79 Å². The highest BCUT2D eigenvalue weighted by atomic mass is 32.2. The normalized spacial score (nSPS) is 11.3. The maximum atomic E-state index is 11.2. The average molecular weight is 440 g/mol. The first-order chi connectivity index (χ1) is 14.7. The topological polar surface area (TPSA) is 38.3 Å². The molecule has 0 saturated carbocycles. The number of carbonyl (C=O) groups excluding carboxylic acids is 1. The van der Waals surface area contributed by atoms with Crippen LogP contribution in [0.4, 0.5) is 0 Å². The van der Waals surface area contributed by atoms with Gasteiger partial charge in [0.15, 0.2) is 0 Å². The van der Waals surface area contributed by atoms with Gasteiger partial charge in [-0.25, -0.2) is 0 Å². The monoisotopic (exact) mass is 439 g/mol. The third kappa shape index (κ3) is 23.5. The summed E-state index contributed by atoms with van der Waals surface area (Å²) in [6, 6.07) is 0. The number of ether oxygens (including phenoxy) is 1. The van der Waals surface area contributed by atoms with E-state index < -0.39 is 0 Å². The molecule has 0 spiro atoms. The lowest BCUT2D eigenvalue weighted by atomic mass is 10.1. The van der Waals surface area contributed by atoms with Gasteiger partial charge in [-0.05, 0) is 69.8 Å². The summed E-state index contributed by atoms with van der Waals surface area (Å²) in [4.78, 5) is 11.2. The van der Waals surface area contributed by atoms with Crippen molar-refractivity contribution in [3.63, 3.8) is 0 Å². The molecule has 0 rings (SSSR count). The standard InChI is InChI=1S/C26H49NO2S/c1-4-26(28)20-14-9-7-11-18-24-30-23-17-10-6-8-13-19-25(3)27-21-15-12-16-22-29-5-2/h8,13,27H,3-7,9-12,14-24H2,1-2H3/b13-8+. The van der Waals surface area contributed by atoms with E-state index in [2.05, 4.69) is 35.8 Å². The molecule has 4 heteroatoms. The lowest BCUT2D eigenvalue weighted by molar-refractivity contribution is -0.118. The number of allylic oxidation sites excluding steroid dienone is 2. The lowest BCUT2D eigenvalue weighted by Gasteiger charge is -2.07. The molecule has 0 aliphatic rings. The minimum atomic E-state index is 0.418. The molecule has 0 saturated heterocycles. The molecule has 0 aliphatic carbocycles. The SMILES string of the molecule is C=C(C/C=C/CCCCSCCCCCCCC(=O)CC)NCCCCCOCC. The summed E-state index contributed by atoms with van der Waals surface area (Å²) < 4.78 is 5.35. The Labute approximate surface area is 191 Å². The van der Waals surface area contributed by atoms with Gasteiger partial charge in [-0.15, -0.1) is 0 Å². The molecular formula is C26H49NO2S. The highest BCUT2D eigenvalue weighted by Gasteiger charge is 1.98. The van der Waals surface area contributed by atoms with Crippen LogP contribution in [0.3, 0.4) is 0 Å². The number of carbonyl (C=O) groups is 1. The molecule has 3 nitrogen and oxygen atoms in total. The van der Waals surface area contributed by atoms with E-state index >= 15 is 0 Å². The fourth-order valence-electron chi connectivity index (χ4n) is 3.13. The van der Waals surface area contributed by atoms with Crippen molar-refractivity contribution in [2.45, 2.75) is 104 Å². The maximum Gasteiger partial charge on any atom is 0.132 e. The Hall–Kier alpha value is -0.740. The van der Waals surface area contributed by atoms with E-state index in [4.69, 9.17) is 4.74 Å². The van der Waals surface area contributed by atoms with Crippen LogP contribution in [0, 0.1) is 0 Å². The molecule has 30 heavy (non-hydrogen) atoms. The summed E-state index contributed by atoms with van der Waals surface area (Å²) in [6.07, 6.45) is 20.6. The van der Waals surface area contributed by atoms with E-state index in [0.29, 0.717) is 12.2 Å². The van der Waals surface area contributed by atoms with Crippen molar-refractivity contribution in [1.82, 2.24) is 5.32 Å². The van der Waals surface area contributed by atoms with Crippen LogP contribution in [0.1, 0.15) is 104 Å². The van der Waals surface area contributed by atoms with Gasteiger partial charge in [-0.2, -0.15) is 11.8 Å². The predicted octanol–water partition coefficient (Wildman–Crippen LogP) is 7.47. The number of hydrogen-bond donors (Lipinski definition) is 1. The number of unbranched alkanes of at least 4 members (excludes halogenated alkanes) is 8. The van der Waals surface area contributed by atoms with Crippen LogP contribution in [0.5, 0.6) is 0 Å². The minimum absolute atomic E-state index is 0.418. The van der Waals surface area contributed by atoms with Crippen molar-refractivity contribution in [3.8, 4) is 0 Å². The largest absolute Gasteiger partial charge is 0.389 e. The maximum absolute atomic E-state index is 11.2. The third-order valence-electron chi connectivity index (χ3n) is 5.12. The van der Waals surface area contributed by atoms with E-state index in [1.165, 1.54) is 69.3 Å². The Kier molecular flexibility index (Phi) is 23.9. The highest BCUT2D eigenvalue weighted by molar-refractivity contribution is 7.99. The molecule has 0 aromatic carbocycles. The zero-order chi connectivity index (χ0) is 22.1. The Morgan fingerprint density at radius 3 is 2.37 bits per heavy atom. The smallest absolute Gasteiger partial charge is 0.132 e. The molecule has 0 radical (unpaired) electrons. The molecule has 0 heterocycles. The van der Waals surface area contributed by atoms with Gasteiger partial charge in [0.2, 0.25) is 0 Å². The summed E-state index contributed by atoms with van der Waals surface area (Å²) >= 11 is 2.10. The van der Waals surface area contributed by atoms with E-state index in [9.17, 15) is 4.79 Å². The highest BCUT2D eigenvalue weighted by Crippen LogP contribution is 2.12. The van der Waals surface area contributed by atoms with Crippen molar-refractivity contribution in [2.24, 2.45) is 0 Å². The van der Waals surface area contributed by atoms with E-state index in [1.807, 2.05) is 13.8 Å². The van der Waals surface area contributed by atoms with Gasteiger partial charge in [0, 0.05) is 44.7 Å². The van der Waals surface area contributed by atoms with Gasteiger partial charge in [0.1, 0.15) is 5.78 Å². The van der Waals surface area contributed by atoms with Crippen molar-refractivity contribution < 1.29 is 9.53 Å². The zero-order valence-electron chi connectivity index (χ0n) is 20.0. The number of hydrogen-bond acceptors (Lipinski definition) is 4. The predicted molar refractivity (Wildman–Crippen MR) is 135 cm³/mol.